The first-order valence-electron chi connectivity index (χ1n) is 6.06. The van der Waals surface area contributed by atoms with Crippen LogP contribution in [0.4, 0.5) is 4.39 Å². The molecule has 0 aliphatic rings. The van der Waals surface area contributed by atoms with E-state index < -0.39 is 0 Å². The molecule has 0 fully saturated rings. The Morgan fingerprint density at radius 2 is 1.89 bits per heavy atom. The Morgan fingerprint density at radius 3 is 2.56 bits per heavy atom. The first kappa shape index (κ1) is 13.1. The summed E-state index contributed by atoms with van der Waals surface area (Å²) in [7, 11) is 0. The summed E-state index contributed by atoms with van der Waals surface area (Å²) in [6.07, 6.45) is 0.770. The molecule has 0 saturated heterocycles. The van der Waals surface area contributed by atoms with Crippen LogP contribution in [-0.4, -0.2) is 5.88 Å². The van der Waals surface area contributed by atoms with Gasteiger partial charge in [-0.1, -0.05) is 36.4 Å². The largest absolute Gasteiger partial charge is 0.207 e. The molecule has 2 heteroatoms. The first-order chi connectivity index (χ1) is 8.70. The monoisotopic (exact) mass is 262 g/mol. The van der Waals surface area contributed by atoms with Crippen molar-refractivity contribution in [2.24, 2.45) is 0 Å². The van der Waals surface area contributed by atoms with Crippen molar-refractivity contribution < 1.29 is 4.39 Å². The third-order valence-electron chi connectivity index (χ3n) is 3.19. The van der Waals surface area contributed by atoms with Crippen LogP contribution in [-0.2, 0) is 6.42 Å². The van der Waals surface area contributed by atoms with Gasteiger partial charge in [0.15, 0.2) is 0 Å². The maximum atomic E-state index is 13.2. The van der Waals surface area contributed by atoms with Gasteiger partial charge >= 0.3 is 0 Å². The smallest absolute Gasteiger partial charge is 0.123 e. The second-order valence-electron chi connectivity index (χ2n) is 4.54. The number of alkyl halides is 1. The maximum absolute atomic E-state index is 13.2. The van der Waals surface area contributed by atoms with Gasteiger partial charge in [-0.2, -0.15) is 0 Å². The molecule has 0 nitrogen and oxygen atoms in total. The molecule has 0 spiro atoms. The standard InChI is InChI=1S/C16H16ClF/c1-12-5-2-3-8-16(12)14(11-17)9-13-6-4-7-15(18)10-13/h2-8,10,14H,9,11H2,1H3. The first-order valence-corrected chi connectivity index (χ1v) is 6.60. The average molecular weight is 263 g/mol. The zero-order valence-electron chi connectivity index (χ0n) is 10.4. The van der Waals surface area contributed by atoms with E-state index in [2.05, 4.69) is 19.1 Å². The van der Waals surface area contributed by atoms with Crippen molar-refractivity contribution in [3.63, 3.8) is 0 Å². The van der Waals surface area contributed by atoms with Crippen LogP contribution in [0.2, 0.25) is 0 Å². The minimum atomic E-state index is -0.189. The molecule has 0 aliphatic heterocycles. The Kier molecular flexibility index (Phi) is 4.38. The molecule has 0 radical (unpaired) electrons. The molecule has 0 aliphatic carbocycles. The van der Waals surface area contributed by atoms with Crippen LogP contribution in [0.25, 0.3) is 0 Å². The van der Waals surface area contributed by atoms with Crippen molar-refractivity contribution >= 4 is 11.6 Å². The van der Waals surface area contributed by atoms with Gasteiger partial charge in [-0.25, -0.2) is 4.39 Å². The van der Waals surface area contributed by atoms with Gasteiger partial charge < -0.3 is 0 Å². The summed E-state index contributed by atoms with van der Waals surface area (Å²) < 4.78 is 13.2. The molecule has 0 amide bonds. The van der Waals surface area contributed by atoms with Crippen LogP contribution in [0.5, 0.6) is 0 Å². The fourth-order valence-corrected chi connectivity index (χ4v) is 2.52. The van der Waals surface area contributed by atoms with E-state index in [-0.39, 0.29) is 11.7 Å². The zero-order valence-corrected chi connectivity index (χ0v) is 11.1. The van der Waals surface area contributed by atoms with E-state index in [9.17, 15) is 4.39 Å². The molecular formula is C16H16ClF. The summed E-state index contributed by atoms with van der Waals surface area (Å²) in [5.41, 5.74) is 3.47. The number of hydrogen-bond donors (Lipinski definition) is 0. The fraction of sp³-hybridized carbons (Fsp3) is 0.250. The topological polar surface area (TPSA) is 0 Å². The minimum absolute atomic E-state index is 0.189. The number of hydrogen-bond acceptors (Lipinski definition) is 0. The number of benzene rings is 2. The molecule has 0 bridgehead atoms. The van der Waals surface area contributed by atoms with Crippen molar-refractivity contribution in [3.05, 3.63) is 71.0 Å². The Bertz CT molecular complexity index is 522. The predicted octanol–water partition coefficient (Wildman–Crippen LogP) is 4.70. The lowest BCUT2D eigenvalue weighted by Crippen LogP contribution is -2.06. The molecule has 2 aromatic rings. The summed E-state index contributed by atoms with van der Waals surface area (Å²) in [5.74, 6) is 0.585. The van der Waals surface area contributed by atoms with Crippen molar-refractivity contribution in [1.82, 2.24) is 0 Å². The molecule has 2 aromatic carbocycles. The molecule has 0 saturated carbocycles. The SMILES string of the molecule is Cc1ccccc1C(CCl)Cc1cccc(F)c1. The third-order valence-corrected chi connectivity index (χ3v) is 3.56. The number of aryl methyl sites for hydroxylation is 1. The quantitative estimate of drug-likeness (QED) is 0.701. The van der Waals surface area contributed by atoms with Crippen LogP contribution < -0.4 is 0 Å². The Morgan fingerprint density at radius 1 is 1.11 bits per heavy atom. The second-order valence-corrected chi connectivity index (χ2v) is 4.85. The van der Waals surface area contributed by atoms with E-state index in [4.69, 9.17) is 11.6 Å². The highest BCUT2D eigenvalue weighted by Crippen LogP contribution is 2.25. The van der Waals surface area contributed by atoms with Gasteiger partial charge in [0.25, 0.3) is 0 Å². The predicted molar refractivity (Wildman–Crippen MR) is 74.7 cm³/mol. The van der Waals surface area contributed by atoms with Crippen molar-refractivity contribution in [1.29, 1.82) is 0 Å². The Labute approximate surface area is 112 Å². The highest BCUT2D eigenvalue weighted by Gasteiger charge is 2.13. The number of rotatable bonds is 4. The normalized spacial score (nSPS) is 12.4. The lowest BCUT2D eigenvalue weighted by Gasteiger charge is -2.17. The van der Waals surface area contributed by atoms with Crippen LogP contribution in [0.1, 0.15) is 22.6 Å². The van der Waals surface area contributed by atoms with E-state index in [0.717, 1.165) is 12.0 Å². The minimum Gasteiger partial charge on any atom is -0.207 e. The zero-order chi connectivity index (χ0) is 13.0. The van der Waals surface area contributed by atoms with Gasteiger partial charge in [0, 0.05) is 11.8 Å². The molecule has 1 unspecified atom stereocenters. The van der Waals surface area contributed by atoms with Gasteiger partial charge in [0.1, 0.15) is 5.82 Å². The molecule has 2 rings (SSSR count). The van der Waals surface area contributed by atoms with Crippen molar-refractivity contribution in [3.8, 4) is 0 Å². The van der Waals surface area contributed by atoms with Crippen LogP contribution in [0.15, 0.2) is 48.5 Å². The van der Waals surface area contributed by atoms with Gasteiger partial charge in [-0.05, 0) is 42.2 Å². The summed E-state index contributed by atoms with van der Waals surface area (Å²) >= 11 is 6.07. The molecule has 0 heterocycles. The van der Waals surface area contributed by atoms with Crippen molar-refractivity contribution in [2.75, 3.05) is 5.88 Å². The molecule has 1 atom stereocenters. The van der Waals surface area contributed by atoms with Gasteiger partial charge in [-0.3, -0.25) is 0 Å². The second kappa shape index (κ2) is 6.01. The van der Waals surface area contributed by atoms with Gasteiger partial charge in [0.2, 0.25) is 0 Å². The van der Waals surface area contributed by atoms with Gasteiger partial charge in [0.05, 0.1) is 0 Å². The summed E-state index contributed by atoms with van der Waals surface area (Å²) in [5, 5.41) is 0. The molecule has 0 N–H and O–H groups in total. The van der Waals surface area contributed by atoms with E-state index in [1.165, 1.54) is 17.2 Å². The summed E-state index contributed by atoms with van der Waals surface area (Å²) in [6, 6.07) is 15.0. The average Bonchev–Trinajstić information content (AvgIpc) is 2.37. The maximum Gasteiger partial charge on any atom is 0.123 e. The number of halogens is 2. The van der Waals surface area contributed by atoms with Crippen LogP contribution in [0, 0.1) is 12.7 Å². The molecular weight excluding hydrogens is 247 g/mol. The van der Waals surface area contributed by atoms with Crippen molar-refractivity contribution in [2.45, 2.75) is 19.3 Å². The molecule has 18 heavy (non-hydrogen) atoms. The summed E-state index contributed by atoms with van der Waals surface area (Å²) in [4.78, 5) is 0. The highest BCUT2D eigenvalue weighted by atomic mass is 35.5. The lowest BCUT2D eigenvalue weighted by molar-refractivity contribution is 0.623. The van der Waals surface area contributed by atoms with E-state index in [1.54, 1.807) is 12.1 Å². The Balaban J connectivity index is 2.23. The Hall–Kier alpha value is -1.34. The van der Waals surface area contributed by atoms with E-state index >= 15 is 0 Å². The van der Waals surface area contributed by atoms with Crippen LogP contribution in [0.3, 0.4) is 0 Å². The lowest BCUT2D eigenvalue weighted by atomic mass is 9.90. The van der Waals surface area contributed by atoms with Gasteiger partial charge in [-0.15, -0.1) is 11.6 Å². The van der Waals surface area contributed by atoms with Crippen LogP contribution >= 0.6 is 11.6 Å². The summed E-state index contributed by atoms with van der Waals surface area (Å²) in [6.45, 7) is 2.08. The third kappa shape index (κ3) is 3.11. The molecule has 94 valence electrons. The van der Waals surface area contributed by atoms with E-state index in [0.29, 0.717) is 5.88 Å². The van der Waals surface area contributed by atoms with E-state index in [1.807, 2.05) is 18.2 Å². The molecule has 0 aromatic heterocycles. The highest BCUT2D eigenvalue weighted by molar-refractivity contribution is 6.18. The fourth-order valence-electron chi connectivity index (χ4n) is 2.24.